The largest absolute Gasteiger partial charge is 0.463 e. The van der Waals surface area contributed by atoms with Crippen molar-refractivity contribution in [2.45, 2.75) is 13.0 Å². The van der Waals surface area contributed by atoms with Crippen molar-refractivity contribution in [3.8, 4) is 0 Å². The molecule has 2 heterocycles. The predicted molar refractivity (Wildman–Crippen MR) is 125 cm³/mol. The number of ether oxygens (including phenoxy) is 1. The summed E-state index contributed by atoms with van der Waals surface area (Å²) in [5.41, 5.74) is 2.93. The van der Waals surface area contributed by atoms with Crippen molar-refractivity contribution in [1.29, 1.82) is 0 Å². The van der Waals surface area contributed by atoms with Crippen LogP contribution in [0.25, 0.3) is 0 Å². The molecule has 2 aliphatic heterocycles. The average molecular weight is 455 g/mol. The molecule has 168 valence electrons. The van der Waals surface area contributed by atoms with Gasteiger partial charge in [0.2, 0.25) is 0 Å². The summed E-state index contributed by atoms with van der Waals surface area (Å²) in [4.78, 5) is 30.0. The second-order valence-corrected chi connectivity index (χ2v) is 8.23. The van der Waals surface area contributed by atoms with E-state index < -0.39 is 12.0 Å². The van der Waals surface area contributed by atoms with Gasteiger partial charge in [-0.3, -0.25) is 4.90 Å². The first-order valence-corrected chi connectivity index (χ1v) is 11.2. The van der Waals surface area contributed by atoms with E-state index in [1.165, 1.54) is 5.69 Å². The van der Waals surface area contributed by atoms with Crippen LogP contribution in [0.3, 0.4) is 0 Å². The molecule has 0 radical (unpaired) electrons. The predicted octanol–water partition coefficient (Wildman–Crippen LogP) is 3.33. The van der Waals surface area contributed by atoms with Crippen LogP contribution in [0, 0.1) is 0 Å². The summed E-state index contributed by atoms with van der Waals surface area (Å²) in [6.45, 7) is 5.86. The number of carbonyl (C=O) groups is 2. The van der Waals surface area contributed by atoms with Gasteiger partial charge in [0, 0.05) is 49.1 Å². The lowest BCUT2D eigenvalue weighted by atomic mass is 9.95. The van der Waals surface area contributed by atoms with Crippen molar-refractivity contribution < 1.29 is 14.3 Å². The third-order valence-electron chi connectivity index (χ3n) is 5.71. The molecule has 2 aromatic carbocycles. The third-order valence-corrected chi connectivity index (χ3v) is 5.94. The highest BCUT2D eigenvalue weighted by Gasteiger charge is 2.34. The number of nitrogens with zero attached hydrogens (tertiary/aromatic N) is 2. The molecule has 2 amide bonds. The molecular formula is C24H27ClN4O3. The summed E-state index contributed by atoms with van der Waals surface area (Å²) < 4.78 is 5.35. The number of amides is 2. The third kappa shape index (κ3) is 5.06. The molecule has 2 aromatic rings. The second-order valence-electron chi connectivity index (χ2n) is 7.80. The molecule has 0 aliphatic carbocycles. The highest BCUT2D eigenvalue weighted by atomic mass is 35.5. The number of carbonyl (C=O) groups excluding carboxylic acids is 2. The molecule has 0 aromatic heterocycles. The minimum Gasteiger partial charge on any atom is -0.463 e. The molecule has 1 atom stereocenters. The Bertz CT molecular complexity index is 1000. The highest BCUT2D eigenvalue weighted by molar-refractivity contribution is 6.30. The molecule has 1 saturated heterocycles. The number of hydrogen-bond acceptors (Lipinski definition) is 5. The lowest BCUT2D eigenvalue weighted by Gasteiger charge is -2.38. The number of nitrogens with one attached hydrogen (secondary N) is 2. The number of piperazine rings is 1. The molecule has 1 unspecified atom stereocenters. The molecule has 2 N–H and O–H groups in total. The van der Waals surface area contributed by atoms with Crippen LogP contribution >= 0.6 is 11.6 Å². The van der Waals surface area contributed by atoms with Crippen LogP contribution in [0.5, 0.6) is 0 Å². The number of esters is 1. The quantitative estimate of drug-likeness (QED) is 0.655. The van der Waals surface area contributed by atoms with Crippen molar-refractivity contribution in [1.82, 2.24) is 15.5 Å². The van der Waals surface area contributed by atoms with Gasteiger partial charge >= 0.3 is 12.0 Å². The van der Waals surface area contributed by atoms with Crippen LogP contribution < -0.4 is 15.5 Å². The van der Waals surface area contributed by atoms with Crippen molar-refractivity contribution in [2.24, 2.45) is 0 Å². The fraction of sp³-hybridized carbons (Fsp3) is 0.333. The van der Waals surface area contributed by atoms with Crippen LogP contribution in [0.1, 0.15) is 18.5 Å². The normalized spacial score (nSPS) is 19.4. The van der Waals surface area contributed by atoms with Crippen LogP contribution in [-0.2, 0) is 9.53 Å². The number of hydrogen-bond donors (Lipinski definition) is 2. The molecule has 7 nitrogen and oxygen atoms in total. The van der Waals surface area contributed by atoms with Gasteiger partial charge in [0.1, 0.15) is 0 Å². The van der Waals surface area contributed by atoms with Crippen molar-refractivity contribution in [3.63, 3.8) is 0 Å². The number of urea groups is 1. The molecular weight excluding hydrogens is 428 g/mol. The van der Waals surface area contributed by atoms with Gasteiger partial charge in [-0.1, -0.05) is 41.9 Å². The number of para-hydroxylation sites is 1. The molecule has 2 aliphatic rings. The van der Waals surface area contributed by atoms with Gasteiger partial charge in [0.15, 0.2) is 0 Å². The maximum Gasteiger partial charge on any atom is 0.338 e. The van der Waals surface area contributed by atoms with E-state index in [0.717, 1.165) is 31.7 Å². The van der Waals surface area contributed by atoms with E-state index in [2.05, 4.69) is 32.6 Å². The fourth-order valence-corrected chi connectivity index (χ4v) is 4.35. The van der Waals surface area contributed by atoms with Crippen molar-refractivity contribution >= 4 is 29.3 Å². The lowest BCUT2D eigenvalue weighted by molar-refractivity contribution is -0.139. The molecule has 0 spiro atoms. The van der Waals surface area contributed by atoms with E-state index in [-0.39, 0.29) is 12.6 Å². The van der Waals surface area contributed by atoms with E-state index in [0.29, 0.717) is 22.8 Å². The molecule has 4 rings (SSSR count). The van der Waals surface area contributed by atoms with Crippen molar-refractivity contribution in [2.75, 3.05) is 44.2 Å². The van der Waals surface area contributed by atoms with Gasteiger partial charge in [-0.25, -0.2) is 9.59 Å². The Kier molecular flexibility index (Phi) is 6.97. The monoisotopic (exact) mass is 454 g/mol. The SMILES string of the molecule is CCOC(=O)C1=C(CN2CCN(c3ccccc3)CC2)NC(=O)NC1c1cccc(Cl)c1. The summed E-state index contributed by atoms with van der Waals surface area (Å²) in [5.74, 6) is -0.442. The Morgan fingerprint density at radius 3 is 2.53 bits per heavy atom. The number of benzene rings is 2. The Balaban J connectivity index is 1.56. The van der Waals surface area contributed by atoms with E-state index in [1.54, 1.807) is 25.1 Å². The highest BCUT2D eigenvalue weighted by Crippen LogP contribution is 2.30. The number of rotatable bonds is 6. The topological polar surface area (TPSA) is 73.9 Å². The standard InChI is InChI=1S/C24H27ClN4O3/c1-2-32-23(30)21-20(26-24(31)27-22(21)17-7-6-8-18(25)15-17)16-28-11-13-29(14-12-28)19-9-4-3-5-10-19/h3-10,15,22H,2,11-14,16H2,1H3,(H2,26,27,31). The summed E-state index contributed by atoms with van der Waals surface area (Å²) in [6.07, 6.45) is 0. The van der Waals surface area contributed by atoms with Gasteiger partial charge < -0.3 is 20.3 Å². The fourth-order valence-electron chi connectivity index (χ4n) is 4.16. The number of anilines is 1. The molecule has 1 fully saturated rings. The second kappa shape index (κ2) is 10.1. The van der Waals surface area contributed by atoms with Crippen molar-refractivity contribution in [3.05, 3.63) is 76.5 Å². The zero-order chi connectivity index (χ0) is 22.5. The lowest BCUT2D eigenvalue weighted by Crippen LogP contribution is -2.51. The minimum atomic E-state index is -0.623. The summed E-state index contributed by atoms with van der Waals surface area (Å²) in [7, 11) is 0. The molecule has 0 saturated carbocycles. The van der Waals surface area contributed by atoms with E-state index in [1.807, 2.05) is 24.3 Å². The van der Waals surface area contributed by atoms with Gasteiger partial charge in [0.05, 0.1) is 18.2 Å². The Morgan fingerprint density at radius 2 is 1.84 bits per heavy atom. The smallest absolute Gasteiger partial charge is 0.338 e. The first-order valence-electron chi connectivity index (χ1n) is 10.8. The van der Waals surface area contributed by atoms with E-state index >= 15 is 0 Å². The molecule has 8 heteroatoms. The molecule has 0 bridgehead atoms. The average Bonchev–Trinajstić information content (AvgIpc) is 2.80. The number of halogens is 1. The van der Waals surface area contributed by atoms with Crippen LogP contribution in [-0.4, -0.2) is 56.2 Å². The summed E-state index contributed by atoms with van der Waals surface area (Å²) in [5, 5.41) is 6.24. The zero-order valence-corrected chi connectivity index (χ0v) is 18.8. The summed E-state index contributed by atoms with van der Waals surface area (Å²) in [6, 6.07) is 16.5. The van der Waals surface area contributed by atoms with Gasteiger partial charge in [-0.05, 0) is 36.8 Å². The van der Waals surface area contributed by atoms with E-state index in [9.17, 15) is 9.59 Å². The van der Waals surface area contributed by atoms with Gasteiger partial charge in [-0.15, -0.1) is 0 Å². The van der Waals surface area contributed by atoms with Crippen LogP contribution in [0.4, 0.5) is 10.5 Å². The van der Waals surface area contributed by atoms with Crippen LogP contribution in [0.15, 0.2) is 65.9 Å². The summed E-state index contributed by atoms with van der Waals surface area (Å²) >= 11 is 6.17. The van der Waals surface area contributed by atoms with E-state index in [4.69, 9.17) is 16.3 Å². The molecule has 32 heavy (non-hydrogen) atoms. The van der Waals surface area contributed by atoms with Gasteiger partial charge in [0.25, 0.3) is 0 Å². The Hall–Kier alpha value is -3.03. The maximum absolute atomic E-state index is 12.9. The minimum absolute atomic E-state index is 0.252. The maximum atomic E-state index is 12.9. The van der Waals surface area contributed by atoms with Crippen LogP contribution in [0.2, 0.25) is 5.02 Å². The Morgan fingerprint density at radius 1 is 1.09 bits per heavy atom. The Labute approximate surface area is 193 Å². The first-order chi connectivity index (χ1) is 15.5. The first kappa shape index (κ1) is 22.2. The zero-order valence-electron chi connectivity index (χ0n) is 18.0. The van der Waals surface area contributed by atoms with Gasteiger partial charge in [-0.2, -0.15) is 0 Å².